The summed E-state index contributed by atoms with van der Waals surface area (Å²) in [4.78, 5) is 25.6. The van der Waals surface area contributed by atoms with Crippen molar-refractivity contribution in [2.45, 2.75) is 64.3 Å². The van der Waals surface area contributed by atoms with Crippen molar-refractivity contribution in [2.24, 2.45) is 0 Å². The Morgan fingerprint density at radius 1 is 1.00 bits per heavy atom. The van der Waals surface area contributed by atoms with E-state index in [0.29, 0.717) is 17.9 Å². The maximum absolute atomic E-state index is 13.1. The number of nitrogens with zero attached hydrogens (tertiary/aromatic N) is 1. The van der Waals surface area contributed by atoms with Crippen LogP contribution >= 0.6 is 0 Å². The van der Waals surface area contributed by atoms with Crippen LogP contribution in [0.15, 0.2) is 66.7 Å². The van der Waals surface area contributed by atoms with Crippen molar-refractivity contribution in [3.8, 4) is 5.75 Å². The van der Waals surface area contributed by atoms with E-state index < -0.39 is 35.8 Å². The van der Waals surface area contributed by atoms with Gasteiger partial charge in [0.1, 0.15) is 17.9 Å². The summed E-state index contributed by atoms with van der Waals surface area (Å²) >= 11 is 0. The third kappa shape index (κ3) is 7.19. The van der Waals surface area contributed by atoms with Crippen LogP contribution in [0, 0.1) is 0 Å². The molecule has 0 spiro atoms. The Kier molecular flexibility index (Phi) is 8.04. The molecule has 1 amide bonds. The van der Waals surface area contributed by atoms with Crippen molar-refractivity contribution >= 4 is 11.9 Å². The lowest BCUT2D eigenvalue weighted by Crippen LogP contribution is -2.36. The van der Waals surface area contributed by atoms with E-state index in [1.54, 1.807) is 6.07 Å². The first-order valence-corrected chi connectivity index (χ1v) is 12.9. The van der Waals surface area contributed by atoms with Crippen molar-refractivity contribution in [1.82, 2.24) is 4.90 Å². The SMILES string of the molecule is CC(C)c1ccc(CC2(C)Cc3cc(CC(=O)N(CC(=O)O)Cc4cccc(C(F)(F)F)c4)ccc3O2)cc1. The number of hydrogen-bond donors (Lipinski definition) is 1. The number of benzene rings is 3. The molecule has 5 nitrogen and oxygen atoms in total. The molecule has 0 aliphatic carbocycles. The molecule has 206 valence electrons. The largest absolute Gasteiger partial charge is 0.487 e. The molecule has 0 radical (unpaired) electrons. The van der Waals surface area contributed by atoms with E-state index in [1.807, 2.05) is 12.1 Å². The molecule has 1 N–H and O–H groups in total. The molecule has 1 atom stereocenters. The van der Waals surface area contributed by atoms with Crippen LogP contribution in [0.5, 0.6) is 5.75 Å². The fourth-order valence-electron chi connectivity index (χ4n) is 4.98. The highest BCUT2D eigenvalue weighted by atomic mass is 19.4. The molecule has 1 heterocycles. The first-order chi connectivity index (χ1) is 18.3. The lowest BCUT2D eigenvalue weighted by atomic mass is 9.90. The minimum atomic E-state index is -4.53. The molecule has 0 saturated heterocycles. The quantitative estimate of drug-likeness (QED) is 0.341. The Hall–Kier alpha value is -3.81. The molecule has 1 aliphatic heterocycles. The predicted octanol–water partition coefficient (Wildman–Crippen LogP) is 6.42. The number of halogens is 3. The maximum Gasteiger partial charge on any atom is 0.416 e. The topological polar surface area (TPSA) is 66.8 Å². The van der Waals surface area contributed by atoms with Gasteiger partial charge in [-0.3, -0.25) is 9.59 Å². The second-order valence-corrected chi connectivity index (χ2v) is 10.8. The van der Waals surface area contributed by atoms with Gasteiger partial charge in [-0.1, -0.05) is 62.4 Å². The zero-order valence-electron chi connectivity index (χ0n) is 22.2. The summed E-state index contributed by atoms with van der Waals surface area (Å²) in [6.45, 7) is 5.51. The number of carboxylic acid groups (broad SMARTS) is 1. The molecule has 0 aromatic heterocycles. The lowest BCUT2D eigenvalue weighted by molar-refractivity contribution is -0.144. The molecular formula is C31H32F3NO4. The summed E-state index contributed by atoms with van der Waals surface area (Å²) in [5.41, 5.74) is 3.02. The van der Waals surface area contributed by atoms with Crippen LogP contribution in [-0.4, -0.2) is 34.0 Å². The molecule has 0 saturated carbocycles. The summed E-state index contributed by atoms with van der Waals surface area (Å²) < 4.78 is 45.6. The number of hydrogen-bond acceptors (Lipinski definition) is 3. The smallest absolute Gasteiger partial charge is 0.416 e. The maximum atomic E-state index is 13.1. The monoisotopic (exact) mass is 539 g/mol. The van der Waals surface area contributed by atoms with E-state index in [1.165, 1.54) is 23.3 Å². The number of carbonyl (C=O) groups excluding carboxylic acids is 1. The highest BCUT2D eigenvalue weighted by Crippen LogP contribution is 2.38. The molecule has 8 heteroatoms. The average Bonchev–Trinajstić information content (AvgIpc) is 3.18. The predicted molar refractivity (Wildman–Crippen MR) is 142 cm³/mol. The van der Waals surface area contributed by atoms with E-state index >= 15 is 0 Å². The molecule has 1 aliphatic rings. The standard InChI is InChI=1S/C31H32F3NO4/c1-20(2)24-10-7-21(8-11-24)16-30(3)17-25-13-22(9-12-27(25)39-30)15-28(36)35(19-29(37)38)18-23-5-4-6-26(14-23)31(32,33)34/h4-14,20H,15-19H2,1-3H3,(H,37,38). The van der Waals surface area contributed by atoms with Gasteiger partial charge in [-0.25, -0.2) is 0 Å². The first-order valence-electron chi connectivity index (χ1n) is 12.9. The van der Waals surface area contributed by atoms with Crippen molar-refractivity contribution in [3.05, 3.63) is 100 Å². The summed E-state index contributed by atoms with van der Waals surface area (Å²) in [5, 5.41) is 9.32. The van der Waals surface area contributed by atoms with E-state index in [4.69, 9.17) is 4.74 Å². The molecular weight excluding hydrogens is 507 g/mol. The van der Waals surface area contributed by atoms with Gasteiger partial charge in [-0.2, -0.15) is 13.2 Å². The summed E-state index contributed by atoms with van der Waals surface area (Å²) in [6.07, 6.45) is -3.24. The van der Waals surface area contributed by atoms with Gasteiger partial charge in [0.15, 0.2) is 0 Å². The third-order valence-corrected chi connectivity index (χ3v) is 6.93. The van der Waals surface area contributed by atoms with E-state index in [9.17, 15) is 27.9 Å². The molecule has 39 heavy (non-hydrogen) atoms. The number of fused-ring (bicyclic) bond motifs is 1. The zero-order valence-corrected chi connectivity index (χ0v) is 22.2. The zero-order chi connectivity index (χ0) is 28.4. The summed E-state index contributed by atoms with van der Waals surface area (Å²) in [7, 11) is 0. The minimum Gasteiger partial charge on any atom is -0.487 e. The second kappa shape index (κ2) is 11.1. The molecule has 0 fully saturated rings. The molecule has 4 rings (SSSR count). The lowest BCUT2D eigenvalue weighted by Gasteiger charge is -2.24. The number of alkyl halides is 3. The fraction of sp³-hybridized carbons (Fsp3) is 0.355. The van der Waals surface area contributed by atoms with E-state index in [0.717, 1.165) is 34.8 Å². The highest BCUT2D eigenvalue weighted by molar-refractivity contribution is 5.83. The van der Waals surface area contributed by atoms with Gasteiger partial charge in [-0.05, 0) is 58.9 Å². The third-order valence-electron chi connectivity index (χ3n) is 6.93. The van der Waals surface area contributed by atoms with Gasteiger partial charge >= 0.3 is 12.1 Å². The van der Waals surface area contributed by atoms with Gasteiger partial charge in [0.05, 0.1) is 12.0 Å². The molecule has 1 unspecified atom stereocenters. The Labute approximate surface area is 226 Å². The van der Waals surface area contributed by atoms with Crippen LogP contribution in [-0.2, 0) is 41.6 Å². The number of carboxylic acids is 1. The van der Waals surface area contributed by atoms with E-state index in [2.05, 4.69) is 45.0 Å². The normalized spacial score (nSPS) is 16.6. The highest BCUT2D eigenvalue weighted by Gasteiger charge is 2.35. The fourth-order valence-corrected chi connectivity index (χ4v) is 4.98. The van der Waals surface area contributed by atoms with Crippen LogP contribution in [0.1, 0.15) is 60.1 Å². The van der Waals surface area contributed by atoms with Crippen LogP contribution in [0.25, 0.3) is 0 Å². The summed E-state index contributed by atoms with van der Waals surface area (Å²) in [6, 6.07) is 18.6. The van der Waals surface area contributed by atoms with Gasteiger partial charge in [0, 0.05) is 19.4 Å². The number of amides is 1. The van der Waals surface area contributed by atoms with Gasteiger partial charge in [0.25, 0.3) is 0 Å². The first kappa shape index (κ1) is 28.2. The number of rotatable bonds is 9. The number of carbonyl (C=O) groups is 2. The second-order valence-electron chi connectivity index (χ2n) is 10.8. The van der Waals surface area contributed by atoms with Crippen molar-refractivity contribution in [1.29, 1.82) is 0 Å². The molecule has 3 aromatic carbocycles. The van der Waals surface area contributed by atoms with Gasteiger partial charge < -0.3 is 14.7 Å². The molecule has 0 bridgehead atoms. The minimum absolute atomic E-state index is 0.0765. The van der Waals surface area contributed by atoms with Gasteiger partial charge in [-0.15, -0.1) is 0 Å². The molecule has 3 aromatic rings. The van der Waals surface area contributed by atoms with Crippen molar-refractivity contribution in [3.63, 3.8) is 0 Å². The summed E-state index contributed by atoms with van der Waals surface area (Å²) in [5.74, 6) is -0.519. The Bertz CT molecular complexity index is 1350. The van der Waals surface area contributed by atoms with E-state index in [-0.39, 0.29) is 18.5 Å². The van der Waals surface area contributed by atoms with Gasteiger partial charge in [0.2, 0.25) is 5.91 Å². The van der Waals surface area contributed by atoms with Crippen molar-refractivity contribution in [2.75, 3.05) is 6.54 Å². The average molecular weight is 540 g/mol. The van der Waals surface area contributed by atoms with Crippen LogP contribution < -0.4 is 4.74 Å². The van der Waals surface area contributed by atoms with Crippen molar-refractivity contribution < 1.29 is 32.6 Å². The Morgan fingerprint density at radius 2 is 1.69 bits per heavy atom. The Morgan fingerprint density at radius 3 is 2.33 bits per heavy atom. The Balaban J connectivity index is 1.45. The van der Waals surface area contributed by atoms with Crippen LogP contribution in [0.4, 0.5) is 13.2 Å². The number of aliphatic carboxylic acids is 1. The van der Waals surface area contributed by atoms with Crippen LogP contribution in [0.3, 0.4) is 0 Å². The number of ether oxygens (including phenoxy) is 1. The van der Waals surface area contributed by atoms with Crippen LogP contribution in [0.2, 0.25) is 0 Å².